The number of ether oxygens (including phenoxy) is 1. The highest BCUT2D eigenvalue weighted by Crippen LogP contribution is 2.28. The third kappa shape index (κ3) is 11.3. The molecule has 0 aliphatic carbocycles. The molecule has 0 heterocycles. The van der Waals surface area contributed by atoms with Crippen molar-refractivity contribution in [3.63, 3.8) is 0 Å². The number of rotatable bonds is 14. The second-order valence-corrected chi connectivity index (χ2v) is 5.60. The zero-order valence-electron chi connectivity index (χ0n) is 13.7. The van der Waals surface area contributed by atoms with Gasteiger partial charge in [0.05, 0.1) is 13.4 Å². The van der Waals surface area contributed by atoms with Gasteiger partial charge in [0, 0.05) is 6.61 Å². The fourth-order valence-electron chi connectivity index (χ4n) is 2.44. The van der Waals surface area contributed by atoms with Gasteiger partial charge in [0.2, 0.25) is 0 Å². The minimum atomic E-state index is 0.274. The van der Waals surface area contributed by atoms with Crippen LogP contribution in [-0.4, -0.2) is 25.4 Å². The van der Waals surface area contributed by atoms with Crippen LogP contribution in [0.3, 0.4) is 0 Å². The van der Waals surface area contributed by atoms with Crippen molar-refractivity contribution in [3.8, 4) is 0 Å². The molecule has 0 saturated carbocycles. The van der Waals surface area contributed by atoms with E-state index in [2.05, 4.69) is 13.2 Å². The summed E-state index contributed by atoms with van der Waals surface area (Å²) in [7, 11) is 1.65. The molecule has 0 saturated heterocycles. The monoisotopic (exact) mass is 295 g/mol. The maximum absolute atomic E-state index is 8.93. The second kappa shape index (κ2) is 13.9. The van der Waals surface area contributed by atoms with Gasteiger partial charge in [-0.1, -0.05) is 37.1 Å². The van der Waals surface area contributed by atoms with Gasteiger partial charge in [0.1, 0.15) is 0 Å². The van der Waals surface area contributed by atoms with Crippen molar-refractivity contribution in [1.29, 1.82) is 0 Å². The summed E-state index contributed by atoms with van der Waals surface area (Å²) in [6.07, 6.45) is 11.8. The van der Waals surface area contributed by atoms with E-state index in [0.29, 0.717) is 5.92 Å². The number of nitrogens with two attached hydrogens (primary N) is 1. The van der Waals surface area contributed by atoms with Crippen molar-refractivity contribution < 1.29 is 9.84 Å². The van der Waals surface area contributed by atoms with Crippen LogP contribution in [0.4, 0.5) is 0 Å². The Kier molecular flexibility index (Phi) is 13.2. The maximum Gasteiger partial charge on any atom is 0.0787 e. The van der Waals surface area contributed by atoms with Crippen LogP contribution in [-0.2, 0) is 4.74 Å². The smallest absolute Gasteiger partial charge is 0.0787 e. The van der Waals surface area contributed by atoms with Crippen molar-refractivity contribution in [3.05, 3.63) is 36.6 Å². The number of aliphatic hydroxyl groups is 1. The van der Waals surface area contributed by atoms with E-state index in [9.17, 15) is 0 Å². The van der Waals surface area contributed by atoms with Crippen LogP contribution < -0.4 is 5.73 Å². The molecule has 3 nitrogen and oxygen atoms in total. The molecule has 0 aromatic carbocycles. The SMILES string of the molecule is C=C(C/C=C/OC)CC(=C)C(CCCCN)CCCCO. The Labute approximate surface area is 130 Å². The molecule has 0 aromatic heterocycles. The number of hydrogen-bond donors (Lipinski definition) is 2. The first kappa shape index (κ1) is 19.9. The summed E-state index contributed by atoms with van der Waals surface area (Å²) in [5, 5.41) is 8.93. The van der Waals surface area contributed by atoms with E-state index in [4.69, 9.17) is 15.6 Å². The molecule has 0 spiro atoms. The highest BCUT2D eigenvalue weighted by molar-refractivity contribution is 5.14. The molecule has 0 aromatic rings. The van der Waals surface area contributed by atoms with E-state index in [0.717, 1.165) is 57.9 Å². The number of allylic oxidation sites excluding steroid dienone is 3. The highest BCUT2D eigenvalue weighted by atomic mass is 16.5. The third-order valence-corrected chi connectivity index (χ3v) is 3.66. The van der Waals surface area contributed by atoms with Crippen LogP contribution in [0.5, 0.6) is 0 Å². The van der Waals surface area contributed by atoms with Crippen LogP contribution in [0, 0.1) is 5.92 Å². The van der Waals surface area contributed by atoms with Crippen LogP contribution in [0.2, 0.25) is 0 Å². The second-order valence-electron chi connectivity index (χ2n) is 5.60. The van der Waals surface area contributed by atoms with Crippen molar-refractivity contribution in [2.24, 2.45) is 11.7 Å². The van der Waals surface area contributed by atoms with Gasteiger partial charge < -0.3 is 15.6 Å². The van der Waals surface area contributed by atoms with E-state index < -0.39 is 0 Å². The van der Waals surface area contributed by atoms with Crippen molar-refractivity contribution in [2.75, 3.05) is 20.3 Å². The van der Waals surface area contributed by atoms with E-state index >= 15 is 0 Å². The van der Waals surface area contributed by atoms with E-state index in [1.807, 2.05) is 6.08 Å². The van der Waals surface area contributed by atoms with Crippen LogP contribution in [0.15, 0.2) is 36.6 Å². The molecule has 0 amide bonds. The lowest BCUT2D eigenvalue weighted by atomic mass is 9.86. The molecular weight excluding hydrogens is 262 g/mol. The van der Waals surface area contributed by atoms with Gasteiger partial charge in [-0.25, -0.2) is 0 Å². The van der Waals surface area contributed by atoms with Gasteiger partial charge >= 0.3 is 0 Å². The van der Waals surface area contributed by atoms with Gasteiger partial charge in [-0.2, -0.15) is 0 Å². The third-order valence-electron chi connectivity index (χ3n) is 3.66. The highest BCUT2D eigenvalue weighted by Gasteiger charge is 2.13. The Hall–Kier alpha value is -1.06. The first-order valence-corrected chi connectivity index (χ1v) is 7.98. The fraction of sp³-hybridized carbons (Fsp3) is 0.667. The molecule has 21 heavy (non-hydrogen) atoms. The summed E-state index contributed by atoms with van der Waals surface area (Å²) < 4.78 is 4.90. The standard InChI is InChI=1S/C18H33NO2/c1-16(9-8-14-21-3)15-17(2)18(10-4-6-12-19)11-5-7-13-20/h8,14,18,20H,1-2,4-7,9-13,15,19H2,3H3/b14-8+. The Bertz CT molecular complexity index is 300. The van der Waals surface area contributed by atoms with Crippen LogP contribution >= 0.6 is 0 Å². The lowest BCUT2D eigenvalue weighted by molar-refractivity contribution is 0.278. The molecule has 3 N–H and O–H groups in total. The van der Waals surface area contributed by atoms with Crippen LogP contribution in [0.1, 0.15) is 51.4 Å². The molecule has 0 aliphatic rings. The van der Waals surface area contributed by atoms with Gasteiger partial charge in [-0.15, -0.1) is 0 Å². The Morgan fingerprint density at radius 2 is 1.86 bits per heavy atom. The first-order chi connectivity index (χ1) is 10.2. The lowest BCUT2D eigenvalue weighted by Crippen LogP contribution is -2.07. The largest absolute Gasteiger partial charge is 0.505 e. The minimum absolute atomic E-state index is 0.274. The number of hydrogen-bond acceptors (Lipinski definition) is 3. The normalized spacial score (nSPS) is 12.5. The molecule has 1 unspecified atom stereocenters. The fourth-order valence-corrected chi connectivity index (χ4v) is 2.44. The average molecular weight is 295 g/mol. The molecule has 0 bridgehead atoms. The van der Waals surface area contributed by atoms with E-state index in [-0.39, 0.29) is 6.61 Å². The van der Waals surface area contributed by atoms with Gasteiger partial charge in [0.25, 0.3) is 0 Å². The molecule has 1 atom stereocenters. The van der Waals surface area contributed by atoms with Gasteiger partial charge in [-0.3, -0.25) is 0 Å². The summed E-state index contributed by atoms with van der Waals surface area (Å²) in [5.41, 5.74) is 8.00. The zero-order chi connectivity index (χ0) is 15.9. The summed E-state index contributed by atoms with van der Waals surface area (Å²) >= 11 is 0. The van der Waals surface area contributed by atoms with Gasteiger partial charge in [-0.05, 0) is 57.1 Å². The van der Waals surface area contributed by atoms with Gasteiger partial charge in [0.15, 0.2) is 0 Å². The Morgan fingerprint density at radius 1 is 1.19 bits per heavy atom. The van der Waals surface area contributed by atoms with Crippen molar-refractivity contribution in [1.82, 2.24) is 0 Å². The average Bonchev–Trinajstić information content (AvgIpc) is 2.46. The number of methoxy groups -OCH3 is 1. The molecule has 3 heteroatoms. The molecular formula is C18H33NO2. The number of unbranched alkanes of at least 4 members (excludes halogenated alkanes) is 2. The molecule has 122 valence electrons. The molecule has 0 radical (unpaired) electrons. The van der Waals surface area contributed by atoms with Crippen LogP contribution in [0.25, 0.3) is 0 Å². The van der Waals surface area contributed by atoms with Crippen molar-refractivity contribution in [2.45, 2.75) is 51.4 Å². The lowest BCUT2D eigenvalue weighted by Gasteiger charge is -2.20. The molecule has 0 rings (SSSR count). The summed E-state index contributed by atoms with van der Waals surface area (Å²) in [4.78, 5) is 0. The van der Waals surface area contributed by atoms with Crippen molar-refractivity contribution >= 4 is 0 Å². The quantitative estimate of drug-likeness (QED) is 0.290. The maximum atomic E-state index is 8.93. The van der Waals surface area contributed by atoms with E-state index in [1.54, 1.807) is 13.4 Å². The predicted molar refractivity (Wildman–Crippen MR) is 91.0 cm³/mol. The Morgan fingerprint density at radius 3 is 2.43 bits per heavy atom. The Balaban J connectivity index is 4.26. The summed E-state index contributed by atoms with van der Waals surface area (Å²) in [5.74, 6) is 0.520. The molecule has 0 fully saturated rings. The minimum Gasteiger partial charge on any atom is -0.505 e. The summed E-state index contributed by atoms with van der Waals surface area (Å²) in [6.45, 7) is 9.41. The topological polar surface area (TPSA) is 55.5 Å². The summed E-state index contributed by atoms with van der Waals surface area (Å²) in [6, 6.07) is 0. The predicted octanol–water partition coefficient (Wildman–Crippen LogP) is 3.95. The number of aliphatic hydroxyl groups excluding tert-OH is 1. The van der Waals surface area contributed by atoms with E-state index in [1.165, 1.54) is 11.1 Å². The molecule has 0 aliphatic heterocycles. The zero-order valence-corrected chi connectivity index (χ0v) is 13.7. The first-order valence-electron chi connectivity index (χ1n) is 7.98.